The van der Waals surface area contributed by atoms with Crippen LogP contribution in [0.1, 0.15) is 25.4 Å². The van der Waals surface area contributed by atoms with Gasteiger partial charge >= 0.3 is 0 Å². The first-order valence-corrected chi connectivity index (χ1v) is 6.43. The predicted octanol–water partition coefficient (Wildman–Crippen LogP) is 2.69. The second-order valence-corrected chi connectivity index (χ2v) is 5.45. The van der Waals surface area contributed by atoms with E-state index in [0.717, 1.165) is 28.5 Å². The summed E-state index contributed by atoms with van der Waals surface area (Å²) in [5.41, 5.74) is 7.55. The molecular weight excluding hydrogens is 232 g/mol. The number of nitrogen functional groups attached to an aromatic ring is 1. The van der Waals surface area contributed by atoms with E-state index < -0.39 is 0 Å². The number of nitrogens with two attached hydrogens (primary N) is 1. The van der Waals surface area contributed by atoms with E-state index in [1.807, 2.05) is 13.0 Å². The molecule has 2 rings (SSSR count). The lowest BCUT2D eigenvalue weighted by molar-refractivity contribution is 0.621. The molecule has 0 aliphatic carbocycles. The molecule has 17 heavy (non-hydrogen) atoms. The monoisotopic (exact) mass is 248 g/mol. The molecule has 2 aromatic heterocycles. The molecule has 0 saturated heterocycles. The largest absolute Gasteiger partial charge is 0.375 e. The number of thiazole rings is 1. The Bertz CT molecular complexity index is 519. The Morgan fingerprint density at radius 3 is 2.71 bits per heavy atom. The number of aromatic nitrogens is 3. The Kier molecular flexibility index (Phi) is 3.38. The van der Waals surface area contributed by atoms with E-state index in [1.54, 1.807) is 6.20 Å². The molecule has 0 amide bonds. The number of aryl methyl sites for hydroxylation is 1. The zero-order valence-electron chi connectivity index (χ0n) is 10.3. The van der Waals surface area contributed by atoms with Crippen molar-refractivity contribution in [1.29, 1.82) is 0 Å². The fourth-order valence-corrected chi connectivity index (χ4v) is 2.45. The van der Waals surface area contributed by atoms with E-state index in [1.165, 1.54) is 11.3 Å². The van der Waals surface area contributed by atoms with Crippen LogP contribution < -0.4 is 5.73 Å². The van der Waals surface area contributed by atoms with Crippen molar-refractivity contribution in [3.63, 3.8) is 0 Å². The summed E-state index contributed by atoms with van der Waals surface area (Å²) in [6, 6.07) is 1.91. The predicted molar refractivity (Wildman–Crippen MR) is 70.8 cm³/mol. The van der Waals surface area contributed by atoms with Gasteiger partial charge in [-0.1, -0.05) is 25.2 Å². The third-order valence-electron chi connectivity index (χ3n) is 2.34. The molecule has 0 radical (unpaired) electrons. The summed E-state index contributed by atoms with van der Waals surface area (Å²) >= 11 is 1.47. The number of nitrogens with zero attached hydrogens (tertiary/aromatic N) is 3. The maximum Gasteiger partial charge on any atom is 0.180 e. The van der Waals surface area contributed by atoms with Gasteiger partial charge in [0.25, 0.3) is 0 Å². The van der Waals surface area contributed by atoms with Crippen LogP contribution >= 0.6 is 11.3 Å². The topological polar surface area (TPSA) is 64.7 Å². The van der Waals surface area contributed by atoms with Crippen LogP contribution in [0, 0.1) is 12.8 Å². The van der Waals surface area contributed by atoms with E-state index in [9.17, 15) is 0 Å². The third kappa shape index (κ3) is 2.79. The van der Waals surface area contributed by atoms with Gasteiger partial charge in [0.2, 0.25) is 0 Å². The van der Waals surface area contributed by atoms with Gasteiger partial charge in [0.05, 0.1) is 16.3 Å². The van der Waals surface area contributed by atoms with Crippen molar-refractivity contribution in [1.82, 2.24) is 15.0 Å². The highest BCUT2D eigenvalue weighted by Gasteiger charge is 2.10. The molecule has 0 atom stereocenters. The molecular formula is C12H16N4S. The molecule has 90 valence electrons. The second kappa shape index (κ2) is 4.79. The Labute approximate surface area is 105 Å². The molecule has 2 aromatic rings. The Morgan fingerprint density at radius 1 is 1.35 bits per heavy atom. The zero-order valence-corrected chi connectivity index (χ0v) is 11.1. The molecule has 0 aromatic carbocycles. The summed E-state index contributed by atoms with van der Waals surface area (Å²) in [5, 5.41) is 0.585. The number of rotatable bonds is 3. The van der Waals surface area contributed by atoms with Crippen molar-refractivity contribution < 1.29 is 0 Å². The quantitative estimate of drug-likeness (QED) is 0.907. The fourth-order valence-electron chi connectivity index (χ4n) is 1.64. The van der Waals surface area contributed by atoms with Crippen molar-refractivity contribution in [2.45, 2.75) is 27.2 Å². The maximum absolute atomic E-state index is 5.70. The molecule has 0 aliphatic heterocycles. The summed E-state index contributed by atoms with van der Waals surface area (Å²) in [6.45, 7) is 6.27. The van der Waals surface area contributed by atoms with Crippen molar-refractivity contribution >= 4 is 16.5 Å². The standard InChI is InChI=1S/C12H16N4S/c1-7(2)6-10-14-5-4-9(16-10)11-8(3)15-12(13)17-11/h4-5,7H,6H2,1-3H3,(H2,13,15). The lowest BCUT2D eigenvalue weighted by Gasteiger charge is -2.04. The van der Waals surface area contributed by atoms with E-state index >= 15 is 0 Å². The highest BCUT2D eigenvalue weighted by atomic mass is 32.1. The summed E-state index contributed by atoms with van der Waals surface area (Å²) in [7, 11) is 0. The first-order chi connectivity index (χ1) is 8.06. The van der Waals surface area contributed by atoms with Crippen LogP contribution in [-0.4, -0.2) is 15.0 Å². The molecule has 0 bridgehead atoms. The lowest BCUT2D eigenvalue weighted by atomic mass is 10.1. The van der Waals surface area contributed by atoms with Crippen LogP contribution in [0.2, 0.25) is 0 Å². The van der Waals surface area contributed by atoms with Crippen LogP contribution in [0.25, 0.3) is 10.6 Å². The van der Waals surface area contributed by atoms with Gasteiger partial charge in [-0.3, -0.25) is 0 Å². The first-order valence-electron chi connectivity index (χ1n) is 5.61. The minimum Gasteiger partial charge on any atom is -0.375 e. The summed E-state index contributed by atoms with van der Waals surface area (Å²) in [6.07, 6.45) is 2.69. The molecule has 0 spiro atoms. The SMILES string of the molecule is Cc1nc(N)sc1-c1ccnc(CC(C)C)n1. The maximum atomic E-state index is 5.70. The van der Waals surface area contributed by atoms with Crippen LogP contribution in [0.5, 0.6) is 0 Å². The van der Waals surface area contributed by atoms with Gasteiger partial charge in [0.1, 0.15) is 5.82 Å². The van der Waals surface area contributed by atoms with Crippen molar-refractivity contribution in [2.24, 2.45) is 5.92 Å². The van der Waals surface area contributed by atoms with Gasteiger partial charge in [0, 0.05) is 12.6 Å². The minimum atomic E-state index is 0.554. The van der Waals surface area contributed by atoms with Gasteiger partial charge in [-0.15, -0.1) is 0 Å². The van der Waals surface area contributed by atoms with Gasteiger partial charge < -0.3 is 5.73 Å². The normalized spacial score (nSPS) is 11.1. The fraction of sp³-hybridized carbons (Fsp3) is 0.417. The number of anilines is 1. The average molecular weight is 248 g/mol. The van der Waals surface area contributed by atoms with Gasteiger partial charge in [-0.2, -0.15) is 0 Å². The summed E-state index contributed by atoms with van der Waals surface area (Å²) in [5.74, 6) is 1.43. The van der Waals surface area contributed by atoms with Crippen LogP contribution in [0.3, 0.4) is 0 Å². The molecule has 0 saturated carbocycles. The molecule has 4 nitrogen and oxygen atoms in total. The Balaban J connectivity index is 2.36. The lowest BCUT2D eigenvalue weighted by Crippen LogP contribution is -2.01. The Morgan fingerprint density at radius 2 is 2.12 bits per heavy atom. The van der Waals surface area contributed by atoms with E-state index in [-0.39, 0.29) is 0 Å². The highest BCUT2D eigenvalue weighted by molar-refractivity contribution is 7.18. The highest BCUT2D eigenvalue weighted by Crippen LogP contribution is 2.29. The van der Waals surface area contributed by atoms with Gasteiger partial charge in [-0.05, 0) is 18.9 Å². The molecule has 0 fully saturated rings. The van der Waals surface area contributed by atoms with E-state index in [2.05, 4.69) is 28.8 Å². The number of hydrogen-bond donors (Lipinski definition) is 1. The Hall–Kier alpha value is -1.49. The zero-order chi connectivity index (χ0) is 12.4. The van der Waals surface area contributed by atoms with Crippen LogP contribution in [0.4, 0.5) is 5.13 Å². The first kappa shape index (κ1) is 12.0. The van der Waals surface area contributed by atoms with Crippen molar-refractivity contribution in [2.75, 3.05) is 5.73 Å². The van der Waals surface area contributed by atoms with Crippen molar-refractivity contribution in [3.8, 4) is 10.6 Å². The molecule has 5 heteroatoms. The van der Waals surface area contributed by atoms with E-state index in [4.69, 9.17) is 5.73 Å². The molecule has 2 N–H and O–H groups in total. The molecule has 2 heterocycles. The van der Waals surface area contributed by atoms with Crippen LogP contribution in [-0.2, 0) is 6.42 Å². The minimum absolute atomic E-state index is 0.554. The third-order valence-corrected chi connectivity index (χ3v) is 3.35. The van der Waals surface area contributed by atoms with Gasteiger partial charge in [-0.25, -0.2) is 15.0 Å². The van der Waals surface area contributed by atoms with Gasteiger partial charge in [0.15, 0.2) is 5.13 Å². The molecule has 0 unspecified atom stereocenters. The summed E-state index contributed by atoms with van der Waals surface area (Å²) in [4.78, 5) is 14.1. The second-order valence-electron chi connectivity index (χ2n) is 4.42. The van der Waals surface area contributed by atoms with Crippen molar-refractivity contribution in [3.05, 3.63) is 23.8 Å². The van der Waals surface area contributed by atoms with E-state index in [0.29, 0.717) is 11.0 Å². The number of hydrogen-bond acceptors (Lipinski definition) is 5. The van der Waals surface area contributed by atoms with Crippen LogP contribution in [0.15, 0.2) is 12.3 Å². The summed E-state index contributed by atoms with van der Waals surface area (Å²) < 4.78 is 0. The average Bonchev–Trinajstić information content (AvgIpc) is 2.57. The molecule has 0 aliphatic rings. The smallest absolute Gasteiger partial charge is 0.180 e.